The lowest BCUT2D eigenvalue weighted by atomic mass is 10.2. The third-order valence-corrected chi connectivity index (χ3v) is 6.46. The first-order valence-electron chi connectivity index (χ1n) is 12.8. The fourth-order valence-corrected chi connectivity index (χ4v) is 4.14. The van der Waals surface area contributed by atoms with Gasteiger partial charge in [0, 0.05) is 42.1 Å². The monoisotopic (exact) mass is 579 g/mol. The maximum atomic E-state index is 13.3. The number of rotatable bonds is 12. The van der Waals surface area contributed by atoms with Crippen molar-refractivity contribution >= 4 is 52.7 Å². The van der Waals surface area contributed by atoms with Gasteiger partial charge in [0.2, 0.25) is 0 Å². The van der Waals surface area contributed by atoms with E-state index in [1.54, 1.807) is 18.2 Å². The number of hydrogen-bond donors (Lipinski definition) is 5. The van der Waals surface area contributed by atoms with E-state index in [4.69, 9.17) is 26.0 Å². The van der Waals surface area contributed by atoms with Crippen LogP contribution in [0.5, 0.6) is 5.75 Å². The van der Waals surface area contributed by atoms with Crippen molar-refractivity contribution in [3.8, 4) is 5.75 Å². The number of imidazole rings is 1. The summed E-state index contributed by atoms with van der Waals surface area (Å²) < 4.78 is 5.85. The first-order valence-corrected chi connectivity index (χ1v) is 12.8. The fraction of sp³-hybridized carbons (Fsp3) is 0.241. The Labute approximate surface area is 244 Å². The molecule has 4 rings (SSSR count). The standard InChI is InChI=1S/C29H33N7O4.ClH/c1-19-24(40-29(39)36(22-6-4-3-5-7-22)17-16-35(2)15-14-26(37)38)13-12-23-27(19)34-25(33-23)18-32-21-10-8-20(9-11-21)28(30)31;/h3-13,32H,14-18H2,1-2H3,(H3,30,31)(H,33,34)(H,37,38);1H. The van der Waals surface area contributed by atoms with E-state index in [1.807, 2.05) is 67.4 Å². The van der Waals surface area contributed by atoms with Gasteiger partial charge in [-0.05, 0) is 62.5 Å². The third kappa shape index (κ3) is 8.19. The van der Waals surface area contributed by atoms with E-state index in [0.717, 1.165) is 16.8 Å². The van der Waals surface area contributed by atoms with Crippen LogP contribution in [0.3, 0.4) is 0 Å². The number of H-pyrrole nitrogens is 1. The van der Waals surface area contributed by atoms with Crippen LogP contribution in [0.1, 0.15) is 23.4 Å². The molecule has 0 spiro atoms. The highest BCUT2D eigenvalue weighted by Crippen LogP contribution is 2.27. The number of para-hydroxylation sites is 1. The molecular formula is C29H34ClN7O4. The van der Waals surface area contributed by atoms with Gasteiger partial charge in [0.25, 0.3) is 0 Å². The number of aromatic amines is 1. The number of likely N-dealkylation sites (N-methyl/N-ethyl adjacent to an activating group) is 1. The molecule has 1 amide bonds. The molecule has 0 unspecified atom stereocenters. The molecule has 41 heavy (non-hydrogen) atoms. The molecule has 216 valence electrons. The molecule has 0 saturated heterocycles. The Kier molecular flexibility index (Phi) is 10.7. The molecule has 4 aromatic rings. The number of benzene rings is 3. The number of halogens is 1. The zero-order chi connectivity index (χ0) is 28.6. The number of carbonyl (C=O) groups is 2. The maximum Gasteiger partial charge on any atom is 0.419 e. The van der Waals surface area contributed by atoms with Crippen LogP contribution in [-0.4, -0.2) is 64.6 Å². The molecule has 12 heteroatoms. The summed E-state index contributed by atoms with van der Waals surface area (Å²) in [5.41, 5.74) is 9.97. The van der Waals surface area contributed by atoms with Crippen LogP contribution >= 0.6 is 12.4 Å². The van der Waals surface area contributed by atoms with Crippen LogP contribution in [0, 0.1) is 12.3 Å². The zero-order valence-corrected chi connectivity index (χ0v) is 23.7. The van der Waals surface area contributed by atoms with E-state index >= 15 is 0 Å². The van der Waals surface area contributed by atoms with Gasteiger partial charge in [0.15, 0.2) is 0 Å². The number of carboxylic acid groups (broad SMARTS) is 1. The van der Waals surface area contributed by atoms with Crippen molar-refractivity contribution in [2.24, 2.45) is 5.73 Å². The number of anilines is 2. The second kappa shape index (κ2) is 14.1. The van der Waals surface area contributed by atoms with E-state index in [-0.39, 0.29) is 24.7 Å². The molecule has 0 aliphatic carbocycles. The Morgan fingerprint density at radius 1 is 1.05 bits per heavy atom. The fourth-order valence-electron chi connectivity index (χ4n) is 4.14. The number of carbonyl (C=O) groups excluding carboxylic acids is 1. The molecule has 0 atom stereocenters. The highest BCUT2D eigenvalue weighted by Gasteiger charge is 2.21. The van der Waals surface area contributed by atoms with Gasteiger partial charge in [-0.1, -0.05) is 18.2 Å². The SMILES string of the molecule is Cc1c(OC(=O)N(CCN(C)CCC(=O)O)c2ccccc2)ccc2[nH]c(CNc3ccc(C(=N)N)cc3)nc12.Cl. The smallest absolute Gasteiger partial charge is 0.419 e. The summed E-state index contributed by atoms with van der Waals surface area (Å²) in [6, 6.07) is 20.1. The quantitative estimate of drug-likeness (QED) is 0.120. The molecule has 0 aliphatic rings. The number of aromatic nitrogens is 2. The van der Waals surface area contributed by atoms with Crippen LogP contribution < -0.4 is 20.7 Å². The summed E-state index contributed by atoms with van der Waals surface area (Å²) in [5.74, 6) is 0.277. The molecule has 0 aliphatic heterocycles. The zero-order valence-electron chi connectivity index (χ0n) is 22.9. The molecule has 1 heterocycles. The maximum absolute atomic E-state index is 13.3. The highest BCUT2D eigenvalue weighted by atomic mass is 35.5. The van der Waals surface area contributed by atoms with E-state index in [0.29, 0.717) is 54.5 Å². The number of nitrogens with two attached hydrogens (primary N) is 1. The Balaban J connectivity index is 0.00000462. The van der Waals surface area contributed by atoms with Gasteiger partial charge in [-0.25, -0.2) is 9.78 Å². The third-order valence-electron chi connectivity index (χ3n) is 6.46. The predicted molar refractivity (Wildman–Crippen MR) is 162 cm³/mol. The molecule has 1 aromatic heterocycles. The number of fused-ring (bicyclic) bond motifs is 1. The van der Waals surface area contributed by atoms with Gasteiger partial charge >= 0.3 is 12.1 Å². The van der Waals surface area contributed by atoms with Gasteiger partial charge in [-0.15, -0.1) is 12.4 Å². The molecule has 0 fully saturated rings. The number of carboxylic acids is 1. The number of nitrogen functional groups attached to an aromatic ring is 1. The molecule has 3 aromatic carbocycles. The Bertz CT molecular complexity index is 1490. The normalized spacial score (nSPS) is 10.7. The predicted octanol–water partition coefficient (Wildman–Crippen LogP) is 4.60. The Morgan fingerprint density at radius 2 is 1.76 bits per heavy atom. The van der Waals surface area contributed by atoms with Crippen molar-refractivity contribution in [3.05, 3.63) is 83.7 Å². The van der Waals surface area contributed by atoms with Crippen LogP contribution in [0.4, 0.5) is 16.2 Å². The van der Waals surface area contributed by atoms with Gasteiger partial charge in [-0.2, -0.15) is 0 Å². The minimum Gasteiger partial charge on any atom is -0.481 e. The van der Waals surface area contributed by atoms with Gasteiger partial charge in [0.1, 0.15) is 17.4 Å². The summed E-state index contributed by atoms with van der Waals surface area (Å²) in [6.45, 7) is 3.48. The molecule has 0 saturated carbocycles. The number of nitrogens with zero attached hydrogens (tertiary/aromatic N) is 3. The number of amidine groups is 1. The number of aliphatic carboxylic acids is 1. The second-order valence-electron chi connectivity index (χ2n) is 9.42. The van der Waals surface area contributed by atoms with Crippen LogP contribution in [0.25, 0.3) is 11.0 Å². The highest BCUT2D eigenvalue weighted by molar-refractivity contribution is 5.95. The summed E-state index contributed by atoms with van der Waals surface area (Å²) in [7, 11) is 1.82. The van der Waals surface area contributed by atoms with Crippen molar-refractivity contribution in [2.75, 3.05) is 36.9 Å². The van der Waals surface area contributed by atoms with E-state index in [9.17, 15) is 9.59 Å². The molecular weight excluding hydrogens is 546 g/mol. The summed E-state index contributed by atoms with van der Waals surface area (Å²) in [4.78, 5) is 35.6. The van der Waals surface area contributed by atoms with Gasteiger partial charge in [-0.3, -0.25) is 15.1 Å². The van der Waals surface area contributed by atoms with Gasteiger partial charge < -0.3 is 30.8 Å². The van der Waals surface area contributed by atoms with Crippen molar-refractivity contribution in [1.82, 2.24) is 14.9 Å². The minimum atomic E-state index is -0.863. The second-order valence-corrected chi connectivity index (χ2v) is 9.42. The number of aryl methyl sites for hydroxylation is 1. The molecule has 11 nitrogen and oxygen atoms in total. The Morgan fingerprint density at radius 3 is 2.41 bits per heavy atom. The lowest BCUT2D eigenvalue weighted by Gasteiger charge is -2.25. The Hall–Kier alpha value is -4.61. The number of amides is 1. The van der Waals surface area contributed by atoms with Crippen LogP contribution in [0.15, 0.2) is 66.7 Å². The van der Waals surface area contributed by atoms with E-state index in [1.165, 1.54) is 4.90 Å². The first-order chi connectivity index (χ1) is 19.2. The number of hydrogen-bond acceptors (Lipinski definition) is 7. The number of nitrogens with one attached hydrogen (secondary N) is 3. The topological polar surface area (TPSA) is 161 Å². The van der Waals surface area contributed by atoms with Crippen molar-refractivity contribution < 1.29 is 19.4 Å². The molecule has 0 bridgehead atoms. The largest absolute Gasteiger partial charge is 0.481 e. The summed E-state index contributed by atoms with van der Waals surface area (Å²) in [6.07, 6.45) is -0.509. The van der Waals surface area contributed by atoms with Gasteiger partial charge in [0.05, 0.1) is 24.0 Å². The molecule has 0 radical (unpaired) electrons. The minimum absolute atomic E-state index is 0. The van der Waals surface area contributed by atoms with Crippen molar-refractivity contribution in [3.63, 3.8) is 0 Å². The van der Waals surface area contributed by atoms with Crippen molar-refractivity contribution in [1.29, 1.82) is 5.41 Å². The average molecular weight is 580 g/mol. The average Bonchev–Trinajstić information content (AvgIpc) is 3.37. The first kappa shape index (κ1) is 30.9. The number of ether oxygens (including phenoxy) is 1. The van der Waals surface area contributed by atoms with E-state index in [2.05, 4.69) is 10.3 Å². The molecule has 6 N–H and O–H groups in total. The van der Waals surface area contributed by atoms with Crippen LogP contribution in [-0.2, 0) is 11.3 Å². The summed E-state index contributed by atoms with van der Waals surface area (Å²) >= 11 is 0. The lowest BCUT2D eigenvalue weighted by Crippen LogP contribution is -2.39. The van der Waals surface area contributed by atoms with Crippen LogP contribution in [0.2, 0.25) is 0 Å². The lowest BCUT2D eigenvalue weighted by molar-refractivity contribution is -0.137. The van der Waals surface area contributed by atoms with Crippen molar-refractivity contribution in [2.45, 2.75) is 19.9 Å². The van der Waals surface area contributed by atoms with E-state index < -0.39 is 12.1 Å². The summed E-state index contributed by atoms with van der Waals surface area (Å²) in [5, 5.41) is 19.7.